The lowest BCUT2D eigenvalue weighted by Gasteiger charge is -2.37. The van der Waals surface area contributed by atoms with E-state index in [2.05, 4.69) is 5.32 Å². The maximum atomic E-state index is 11.9. The van der Waals surface area contributed by atoms with Gasteiger partial charge in [-0.15, -0.1) is 0 Å². The van der Waals surface area contributed by atoms with Gasteiger partial charge in [-0.05, 0) is 18.9 Å². The van der Waals surface area contributed by atoms with Crippen LogP contribution >= 0.6 is 0 Å². The van der Waals surface area contributed by atoms with Crippen LogP contribution in [0.25, 0.3) is 0 Å². The minimum atomic E-state index is -0.696. The Hall–Kier alpha value is -2.38. The average Bonchev–Trinajstić information content (AvgIpc) is 3.00. The molecule has 2 fully saturated rings. The highest BCUT2D eigenvalue weighted by atomic mass is 16.6. The molecule has 2 amide bonds. The average molecular weight is 279 g/mol. The van der Waals surface area contributed by atoms with Crippen LogP contribution in [0.15, 0.2) is 16.5 Å². The van der Waals surface area contributed by atoms with E-state index in [0.29, 0.717) is 19.1 Å². The molecular formula is C12H13N3O5. The fourth-order valence-corrected chi connectivity index (χ4v) is 2.05. The number of rotatable bonds is 4. The molecule has 1 aliphatic carbocycles. The third-order valence-electron chi connectivity index (χ3n) is 3.45. The predicted molar refractivity (Wildman–Crippen MR) is 65.9 cm³/mol. The van der Waals surface area contributed by atoms with E-state index in [4.69, 9.17) is 4.42 Å². The molecule has 2 heterocycles. The molecule has 106 valence electrons. The zero-order chi connectivity index (χ0) is 14.3. The number of nitrogens with zero attached hydrogens (tertiary/aromatic N) is 2. The molecule has 1 aromatic heterocycles. The first-order chi connectivity index (χ1) is 9.54. The van der Waals surface area contributed by atoms with Crippen LogP contribution in [0.4, 0.5) is 5.88 Å². The lowest BCUT2D eigenvalue weighted by atomic mass is 9.99. The number of furan rings is 1. The zero-order valence-corrected chi connectivity index (χ0v) is 10.6. The van der Waals surface area contributed by atoms with Crippen molar-refractivity contribution in [3.63, 3.8) is 0 Å². The highest BCUT2D eigenvalue weighted by molar-refractivity contribution is 5.94. The molecule has 1 aliphatic heterocycles. The molecular weight excluding hydrogens is 266 g/mol. The first kappa shape index (κ1) is 12.6. The van der Waals surface area contributed by atoms with Gasteiger partial charge in [0.1, 0.15) is 4.92 Å². The molecule has 20 heavy (non-hydrogen) atoms. The fraction of sp³-hybridized carbons (Fsp3) is 0.500. The van der Waals surface area contributed by atoms with Crippen LogP contribution in [0, 0.1) is 16.0 Å². The number of hydrogen-bond acceptors (Lipinski definition) is 5. The van der Waals surface area contributed by atoms with Gasteiger partial charge in [0.25, 0.3) is 5.91 Å². The summed E-state index contributed by atoms with van der Waals surface area (Å²) in [7, 11) is 0. The third-order valence-corrected chi connectivity index (χ3v) is 3.45. The number of nitro groups is 1. The number of carbonyl (C=O) groups excluding carboxylic acids is 2. The maximum Gasteiger partial charge on any atom is 0.433 e. The normalized spacial score (nSPS) is 18.5. The van der Waals surface area contributed by atoms with E-state index in [9.17, 15) is 19.7 Å². The molecule has 0 bridgehead atoms. The predicted octanol–water partition coefficient (Wildman–Crippen LogP) is 0.538. The quantitative estimate of drug-likeness (QED) is 0.639. The molecule has 2 aliphatic rings. The van der Waals surface area contributed by atoms with Crippen molar-refractivity contribution < 1.29 is 18.9 Å². The summed E-state index contributed by atoms with van der Waals surface area (Å²) in [5.41, 5.74) is 0. The van der Waals surface area contributed by atoms with E-state index in [-0.39, 0.29) is 17.6 Å². The van der Waals surface area contributed by atoms with Crippen molar-refractivity contribution >= 4 is 17.7 Å². The third kappa shape index (κ3) is 2.36. The van der Waals surface area contributed by atoms with Gasteiger partial charge in [0.05, 0.1) is 12.0 Å². The van der Waals surface area contributed by atoms with Crippen molar-refractivity contribution in [2.75, 3.05) is 13.1 Å². The second-order valence-corrected chi connectivity index (χ2v) is 5.08. The highest BCUT2D eigenvalue weighted by Crippen LogP contribution is 2.24. The summed E-state index contributed by atoms with van der Waals surface area (Å²) in [6.07, 6.45) is 2.05. The van der Waals surface area contributed by atoms with Crippen LogP contribution in [-0.4, -0.2) is 40.8 Å². The summed E-state index contributed by atoms with van der Waals surface area (Å²) >= 11 is 0. The van der Waals surface area contributed by atoms with Gasteiger partial charge < -0.3 is 14.6 Å². The molecule has 1 N–H and O–H groups in total. The monoisotopic (exact) mass is 279 g/mol. The second-order valence-electron chi connectivity index (χ2n) is 5.08. The molecule has 8 nitrogen and oxygen atoms in total. The Morgan fingerprint density at radius 1 is 1.35 bits per heavy atom. The van der Waals surface area contributed by atoms with Crippen LogP contribution in [0.2, 0.25) is 0 Å². The smallest absolute Gasteiger partial charge is 0.395 e. The van der Waals surface area contributed by atoms with Crippen molar-refractivity contribution in [3.8, 4) is 0 Å². The van der Waals surface area contributed by atoms with Gasteiger partial charge in [-0.3, -0.25) is 19.7 Å². The molecule has 1 saturated heterocycles. The molecule has 3 rings (SSSR count). The van der Waals surface area contributed by atoms with Crippen LogP contribution in [-0.2, 0) is 4.79 Å². The Morgan fingerprint density at radius 3 is 2.60 bits per heavy atom. The summed E-state index contributed by atoms with van der Waals surface area (Å²) in [4.78, 5) is 34.9. The van der Waals surface area contributed by atoms with Crippen LogP contribution < -0.4 is 5.32 Å². The largest absolute Gasteiger partial charge is 0.433 e. The maximum absolute atomic E-state index is 11.9. The number of carbonyl (C=O) groups is 2. The Bertz CT molecular complexity index is 571. The Kier molecular flexibility index (Phi) is 2.92. The Labute approximate surface area is 113 Å². The fourth-order valence-electron chi connectivity index (χ4n) is 2.05. The minimum Gasteiger partial charge on any atom is -0.395 e. The highest BCUT2D eigenvalue weighted by Gasteiger charge is 2.39. The standard InChI is InChI=1S/C12H13N3O5/c16-11(13-8-1-2-8)7-5-14(6-7)12(17)9-3-4-10(20-9)15(18)19/h3-4,7-8H,1-2,5-6H2,(H,13,16). The molecule has 0 aromatic carbocycles. The number of nitrogens with one attached hydrogen (secondary N) is 1. The zero-order valence-electron chi connectivity index (χ0n) is 10.6. The van der Waals surface area contributed by atoms with Crippen molar-refractivity contribution in [2.45, 2.75) is 18.9 Å². The number of hydrogen-bond donors (Lipinski definition) is 1. The molecule has 0 unspecified atom stereocenters. The van der Waals surface area contributed by atoms with E-state index < -0.39 is 16.7 Å². The van der Waals surface area contributed by atoms with Crippen LogP contribution in [0.5, 0.6) is 0 Å². The van der Waals surface area contributed by atoms with Gasteiger partial charge >= 0.3 is 5.88 Å². The van der Waals surface area contributed by atoms with Crippen molar-refractivity contribution in [2.24, 2.45) is 5.92 Å². The van der Waals surface area contributed by atoms with E-state index in [1.807, 2.05) is 0 Å². The van der Waals surface area contributed by atoms with Crippen LogP contribution in [0.1, 0.15) is 23.4 Å². The van der Waals surface area contributed by atoms with E-state index in [1.165, 1.54) is 11.0 Å². The van der Waals surface area contributed by atoms with Gasteiger partial charge in [-0.25, -0.2) is 0 Å². The molecule has 0 spiro atoms. The summed E-state index contributed by atoms with van der Waals surface area (Å²) in [6.45, 7) is 0.651. The van der Waals surface area contributed by atoms with Gasteiger partial charge in [0, 0.05) is 19.1 Å². The van der Waals surface area contributed by atoms with E-state index in [0.717, 1.165) is 18.9 Å². The van der Waals surface area contributed by atoms with E-state index >= 15 is 0 Å². The summed E-state index contributed by atoms with van der Waals surface area (Å²) < 4.78 is 4.84. The van der Waals surface area contributed by atoms with Crippen molar-refractivity contribution in [3.05, 3.63) is 28.0 Å². The molecule has 1 aromatic rings. The summed E-state index contributed by atoms with van der Waals surface area (Å²) in [6, 6.07) is 2.72. The molecule has 0 radical (unpaired) electrons. The number of likely N-dealkylation sites (tertiary alicyclic amines) is 1. The molecule has 8 heteroatoms. The van der Waals surface area contributed by atoms with Gasteiger partial charge in [0.15, 0.2) is 5.76 Å². The van der Waals surface area contributed by atoms with Crippen LogP contribution in [0.3, 0.4) is 0 Å². The topological polar surface area (TPSA) is 106 Å². The van der Waals surface area contributed by atoms with Gasteiger partial charge in [-0.1, -0.05) is 0 Å². The lowest BCUT2D eigenvalue weighted by Crippen LogP contribution is -2.55. The van der Waals surface area contributed by atoms with Crippen molar-refractivity contribution in [1.29, 1.82) is 0 Å². The summed E-state index contributed by atoms with van der Waals surface area (Å²) in [5.74, 6) is -1.17. The first-order valence-electron chi connectivity index (χ1n) is 6.38. The number of amides is 2. The van der Waals surface area contributed by atoms with Gasteiger partial charge in [-0.2, -0.15) is 0 Å². The van der Waals surface area contributed by atoms with Crippen molar-refractivity contribution in [1.82, 2.24) is 10.2 Å². The Balaban J connectivity index is 1.54. The van der Waals surface area contributed by atoms with E-state index in [1.54, 1.807) is 0 Å². The molecule has 0 atom stereocenters. The minimum absolute atomic E-state index is 0.0259. The second kappa shape index (κ2) is 4.62. The molecule has 1 saturated carbocycles. The summed E-state index contributed by atoms with van der Waals surface area (Å²) in [5, 5.41) is 13.4. The Morgan fingerprint density at radius 2 is 2.05 bits per heavy atom. The SMILES string of the molecule is O=C(NC1CC1)C1CN(C(=O)c2ccc([N+](=O)[O-])o2)C1. The lowest BCUT2D eigenvalue weighted by molar-refractivity contribution is -0.402. The van der Waals surface area contributed by atoms with Gasteiger partial charge in [0.2, 0.25) is 5.91 Å². The first-order valence-corrected chi connectivity index (χ1v) is 6.38.